The van der Waals surface area contributed by atoms with E-state index in [1.807, 2.05) is 30.3 Å². The number of hydrogen-bond donors (Lipinski definition) is 1. The first-order chi connectivity index (χ1) is 11.1. The Kier molecular flexibility index (Phi) is 4.72. The molecule has 0 radical (unpaired) electrons. The molecule has 0 aromatic heterocycles. The molecule has 0 spiro atoms. The monoisotopic (exact) mass is 321 g/mol. The molecule has 2 heterocycles. The van der Waals surface area contributed by atoms with Gasteiger partial charge in [0.1, 0.15) is 18.2 Å². The number of hydrogen-bond acceptors (Lipinski definition) is 6. The van der Waals surface area contributed by atoms with Crippen molar-refractivity contribution in [2.45, 2.75) is 37.8 Å². The van der Waals surface area contributed by atoms with Crippen LogP contribution in [-0.2, 0) is 28.5 Å². The lowest BCUT2D eigenvalue weighted by Crippen LogP contribution is -2.64. The largest absolute Gasteiger partial charge is 0.353 e. The van der Waals surface area contributed by atoms with Crippen molar-refractivity contribution in [3.63, 3.8) is 0 Å². The number of methoxy groups -OCH3 is 1. The van der Waals surface area contributed by atoms with E-state index in [0.29, 0.717) is 0 Å². The van der Waals surface area contributed by atoms with Gasteiger partial charge in [0.2, 0.25) is 5.91 Å². The summed E-state index contributed by atoms with van der Waals surface area (Å²) in [5, 5.41) is 2.56. The third-order valence-electron chi connectivity index (χ3n) is 3.85. The molecule has 3 rings (SSSR count). The van der Waals surface area contributed by atoms with Gasteiger partial charge in [0.25, 0.3) is 0 Å². The van der Waals surface area contributed by atoms with Crippen LogP contribution < -0.4 is 5.32 Å². The Morgan fingerprint density at radius 1 is 1.26 bits per heavy atom. The average molecular weight is 321 g/mol. The third kappa shape index (κ3) is 3.28. The van der Waals surface area contributed by atoms with E-state index >= 15 is 0 Å². The summed E-state index contributed by atoms with van der Waals surface area (Å²) in [6.07, 6.45) is -2.86. The summed E-state index contributed by atoms with van der Waals surface area (Å²) in [6.45, 7) is 1.55. The van der Waals surface area contributed by atoms with Crippen LogP contribution in [0.3, 0.4) is 0 Å². The quantitative estimate of drug-likeness (QED) is 0.875. The van der Waals surface area contributed by atoms with Gasteiger partial charge in [-0.2, -0.15) is 0 Å². The summed E-state index contributed by atoms with van der Waals surface area (Å²) in [7, 11) is 1.42. The van der Waals surface area contributed by atoms with Crippen LogP contribution in [0.1, 0.15) is 18.8 Å². The number of carbonyl (C=O) groups is 2. The molecule has 5 atom stereocenters. The number of benzene rings is 1. The van der Waals surface area contributed by atoms with Gasteiger partial charge < -0.3 is 24.3 Å². The lowest BCUT2D eigenvalue weighted by atomic mass is 9.97. The first-order valence-electron chi connectivity index (χ1n) is 7.41. The van der Waals surface area contributed by atoms with Gasteiger partial charge in [-0.1, -0.05) is 30.3 Å². The normalized spacial score (nSPS) is 33.8. The molecule has 1 N–H and O–H groups in total. The van der Waals surface area contributed by atoms with Crippen LogP contribution in [0.15, 0.2) is 30.3 Å². The third-order valence-corrected chi connectivity index (χ3v) is 3.85. The van der Waals surface area contributed by atoms with E-state index < -0.39 is 30.8 Å². The Balaban J connectivity index is 1.77. The number of Topliss-reactive ketones (excluding diaryl/α,β-unsaturated/α-hetero) is 1. The Morgan fingerprint density at radius 2 is 2.00 bits per heavy atom. The molecule has 23 heavy (non-hydrogen) atoms. The molecule has 1 unspecified atom stereocenters. The standard InChI is InChI=1S/C16H19NO6/c1-9(18)17-12-13(19)14-11(22-16(12)20-2)8-21-15(23-14)10-6-4-3-5-7-10/h3-7,11-12,14-16H,8H2,1-2H3,(H,17,18)/t11-,12-,14-,15?,16-/m1/s1. The van der Waals surface area contributed by atoms with Gasteiger partial charge in [-0.05, 0) is 0 Å². The molecule has 1 amide bonds. The SMILES string of the molecule is CO[C@@H]1O[C@@H]2COC(c3ccccc3)O[C@H]2C(=O)[C@H]1NC(C)=O. The van der Waals surface area contributed by atoms with Crippen molar-refractivity contribution in [1.29, 1.82) is 0 Å². The highest BCUT2D eigenvalue weighted by Crippen LogP contribution is 2.32. The van der Waals surface area contributed by atoms with Crippen molar-refractivity contribution in [3.05, 3.63) is 35.9 Å². The zero-order valence-electron chi connectivity index (χ0n) is 12.9. The lowest BCUT2D eigenvalue weighted by molar-refractivity contribution is -0.302. The van der Waals surface area contributed by atoms with Crippen molar-refractivity contribution in [3.8, 4) is 0 Å². The van der Waals surface area contributed by atoms with E-state index in [0.717, 1.165) is 5.56 Å². The Hall–Kier alpha value is -1.80. The smallest absolute Gasteiger partial charge is 0.217 e. The summed E-state index contributed by atoms with van der Waals surface area (Å²) in [4.78, 5) is 24.0. The molecule has 0 saturated carbocycles. The van der Waals surface area contributed by atoms with Gasteiger partial charge in [0, 0.05) is 19.6 Å². The van der Waals surface area contributed by atoms with E-state index in [2.05, 4.69) is 5.32 Å². The summed E-state index contributed by atoms with van der Waals surface area (Å²) in [5.41, 5.74) is 0.823. The van der Waals surface area contributed by atoms with Crippen LogP contribution in [0.5, 0.6) is 0 Å². The second kappa shape index (κ2) is 6.76. The van der Waals surface area contributed by atoms with Crippen molar-refractivity contribution < 1.29 is 28.5 Å². The highest BCUT2D eigenvalue weighted by Gasteiger charge is 2.49. The first kappa shape index (κ1) is 16.1. The van der Waals surface area contributed by atoms with E-state index in [9.17, 15) is 9.59 Å². The number of ketones is 1. The fourth-order valence-corrected chi connectivity index (χ4v) is 2.79. The minimum atomic E-state index is -0.895. The molecule has 2 fully saturated rings. The summed E-state index contributed by atoms with van der Waals surface area (Å²) < 4.78 is 22.3. The minimum absolute atomic E-state index is 0.211. The van der Waals surface area contributed by atoms with Gasteiger partial charge in [-0.15, -0.1) is 0 Å². The highest BCUT2D eigenvalue weighted by atomic mass is 16.7. The molecule has 2 aliphatic rings. The predicted molar refractivity (Wildman–Crippen MR) is 78.3 cm³/mol. The zero-order valence-corrected chi connectivity index (χ0v) is 12.9. The Bertz CT molecular complexity index is 577. The van der Waals surface area contributed by atoms with Crippen LogP contribution in [0.25, 0.3) is 0 Å². The van der Waals surface area contributed by atoms with Gasteiger partial charge in [-0.25, -0.2) is 0 Å². The van der Waals surface area contributed by atoms with Gasteiger partial charge >= 0.3 is 0 Å². The molecule has 0 aliphatic carbocycles. The molecule has 7 heteroatoms. The fourth-order valence-electron chi connectivity index (χ4n) is 2.79. The Labute approximate surface area is 133 Å². The van der Waals surface area contributed by atoms with E-state index in [-0.39, 0.29) is 18.3 Å². The number of fused-ring (bicyclic) bond motifs is 1. The summed E-state index contributed by atoms with van der Waals surface area (Å²) >= 11 is 0. The molecule has 0 bridgehead atoms. The first-order valence-corrected chi connectivity index (χ1v) is 7.41. The van der Waals surface area contributed by atoms with E-state index in [1.54, 1.807) is 0 Å². The van der Waals surface area contributed by atoms with Gasteiger partial charge in [0.05, 0.1) is 6.61 Å². The minimum Gasteiger partial charge on any atom is -0.353 e. The maximum Gasteiger partial charge on any atom is 0.217 e. The van der Waals surface area contributed by atoms with Crippen LogP contribution in [0.2, 0.25) is 0 Å². The topological polar surface area (TPSA) is 83.1 Å². The summed E-state index contributed by atoms with van der Waals surface area (Å²) in [5.74, 6) is -0.605. The molecule has 1 aromatic rings. The number of ether oxygens (including phenoxy) is 4. The molecule has 124 valence electrons. The van der Waals surface area contributed by atoms with Crippen LogP contribution in [-0.4, -0.2) is 49.9 Å². The lowest BCUT2D eigenvalue weighted by Gasteiger charge is -2.43. The predicted octanol–water partition coefficient (Wildman–Crippen LogP) is 0.546. The molecule has 2 saturated heterocycles. The molecular weight excluding hydrogens is 302 g/mol. The van der Waals surface area contributed by atoms with Crippen molar-refractivity contribution in [2.24, 2.45) is 0 Å². The molecule has 7 nitrogen and oxygen atoms in total. The second-order valence-corrected chi connectivity index (χ2v) is 5.49. The number of rotatable bonds is 3. The number of carbonyl (C=O) groups excluding carboxylic acids is 2. The van der Waals surface area contributed by atoms with Crippen LogP contribution in [0.4, 0.5) is 0 Å². The highest BCUT2D eigenvalue weighted by molar-refractivity contribution is 5.93. The van der Waals surface area contributed by atoms with Crippen LogP contribution >= 0.6 is 0 Å². The van der Waals surface area contributed by atoms with E-state index in [4.69, 9.17) is 18.9 Å². The number of nitrogens with one attached hydrogen (secondary N) is 1. The van der Waals surface area contributed by atoms with E-state index in [1.165, 1.54) is 14.0 Å². The zero-order chi connectivity index (χ0) is 16.4. The average Bonchev–Trinajstić information content (AvgIpc) is 2.57. The second-order valence-electron chi connectivity index (χ2n) is 5.49. The van der Waals surface area contributed by atoms with Crippen molar-refractivity contribution >= 4 is 11.7 Å². The molecular formula is C16H19NO6. The van der Waals surface area contributed by atoms with Gasteiger partial charge in [-0.3, -0.25) is 9.59 Å². The van der Waals surface area contributed by atoms with Crippen LogP contribution in [0, 0.1) is 0 Å². The fraction of sp³-hybridized carbons (Fsp3) is 0.500. The van der Waals surface area contributed by atoms with Gasteiger partial charge in [0.15, 0.2) is 18.4 Å². The molecule has 1 aromatic carbocycles. The van der Waals surface area contributed by atoms with Crippen molar-refractivity contribution in [1.82, 2.24) is 5.32 Å². The number of amides is 1. The summed E-state index contributed by atoms with van der Waals surface area (Å²) in [6, 6.07) is 8.46. The maximum absolute atomic E-state index is 12.7. The Morgan fingerprint density at radius 3 is 2.65 bits per heavy atom. The maximum atomic E-state index is 12.7. The molecule has 2 aliphatic heterocycles. The van der Waals surface area contributed by atoms with Crippen molar-refractivity contribution in [2.75, 3.05) is 13.7 Å².